The molecule has 1 aromatic heterocycles. The van der Waals surface area contributed by atoms with Gasteiger partial charge in [0.25, 0.3) is 5.91 Å². The number of carbonyl (C=O) groups excluding carboxylic acids is 2. The molecule has 0 radical (unpaired) electrons. The first kappa shape index (κ1) is 23.5. The van der Waals surface area contributed by atoms with Crippen LogP contribution in [0.15, 0.2) is 48.1 Å². The summed E-state index contributed by atoms with van der Waals surface area (Å²) in [5.41, 5.74) is 1.45. The number of allylic oxidation sites excluding steroid dienone is 5. The number of nitrogens with one attached hydrogen (secondary N) is 3. The third kappa shape index (κ3) is 5.77. The Morgan fingerprint density at radius 2 is 2.18 bits per heavy atom. The lowest BCUT2D eigenvalue weighted by Gasteiger charge is -2.16. The highest BCUT2D eigenvalue weighted by atomic mass is 19.1. The van der Waals surface area contributed by atoms with E-state index in [9.17, 15) is 18.4 Å². The van der Waals surface area contributed by atoms with Gasteiger partial charge >= 0.3 is 0 Å². The van der Waals surface area contributed by atoms with Gasteiger partial charge in [0.05, 0.1) is 11.8 Å². The quantitative estimate of drug-likeness (QED) is 0.458. The number of halogens is 2. The number of amides is 2. The predicted octanol–water partition coefficient (Wildman–Crippen LogP) is 3.45. The van der Waals surface area contributed by atoms with Crippen LogP contribution >= 0.6 is 0 Å². The maximum atomic E-state index is 14.2. The van der Waals surface area contributed by atoms with Crippen LogP contribution in [0.1, 0.15) is 48.2 Å². The van der Waals surface area contributed by atoms with Gasteiger partial charge in [-0.1, -0.05) is 25.7 Å². The zero-order valence-corrected chi connectivity index (χ0v) is 18.1. The van der Waals surface area contributed by atoms with E-state index in [0.29, 0.717) is 28.6 Å². The minimum Gasteiger partial charge on any atom is -0.337 e. The number of anilines is 1. The Morgan fingerprint density at radius 1 is 1.42 bits per heavy atom. The summed E-state index contributed by atoms with van der Waals surface area (Å²) in [6.07, 6.45) is 5.46. The monoisotopic (exact) mass is 452 g/mol. The topological polar surface area (TPSA) is 124 Å². The Bertz CT molecular complexity index is 1210. The largest absolute Gasteiger partial charge is 0.337 e. The molecule has 8 nitrogen and oxygen atoms in total. The van der Waals surface area contributed by atoms with Crippen molar-refractivity contribution in [3.8, 4) is 6.07 Å². The Morgan fingerprint density at radius 3 is 2.91 bits per heavy atom. The summed E-state index contributed by atoms with van der Waals surface area (Å²) in [5.74, 6) is -3.09. The SMILES string of the molecule is C=C(/C=C\C=C(/C)C#N)Cc1nc(C(=O)N[C@@H]2C[C@H](C)c3cc(F)cc(F)c3NC2=O)n[nH]1. The number of aromatic nitrogens is 3. The van der Waals surface area contributed by atoms with Gasteiger partial charge in [-0.3, -0.25) is 14.7 Å². The van der Waals surface area contributed by atoms with Crippen molar-refractivity contribution >= 4 is 17.5 Å². The van der Waals surface area contributed by atoms with Crippen LogP contribution in [0.3, 0.4) is 0 Å². The summed E-state index contributed by atoms with van der Waals surface area (Å²) in [6, 6.07) is 2.89. The van der Waals surface area contributed by atoms with Gasteiger partial charge in [0, 0.05) is 18.1 Å². The van der Waals surface area contributed by atoms with E-state index in [0.717, 1.165) is 0 Å². The van der Waals surface area contributed by atoms with Gasteiger partial charge in [-0.25, -0.2) is 13.8 Å². The number of rotatable bonds is 6. The van der Waals surface area contributed by atoms with Crippen molar-refractivity contribution in [1.29, 1.82) is 5.26 Å². The molecule has 2 aromatic rings. The fraction of sp³-hybridized carbons (Fsp3) is 0.261. The molecule has 0 saturated heterocycles. The Labute approximate surface area is 189 Å². The minimum absolute atomic E-state index is 0.0859. The third-order valence-corrected chi connectivity index (χ3v) is 5.06. The number of hydrogen-bond donors (Lipinski definition) is 3. The number of nitriles is 1. The maximum absolute atomic E-state index is 14.2. The molecule has 2 atom stereocenters. The van der Waals surface area contributed by atoms with Crippen LogP contribution in [0.4, 0.5) is 14.5 Å². The van der Waals surface area contributed by atoms with Crippen molar-refractivity contribution in [2.75, 3.05) is 5.32 Å². The molecule has 3 rings (SSSR count). The van der Waals surface area contributed by atoms with E-state index in [-0.39, 0.29) is 24.4 Å². The van der Waals surface area contributed by atoms with Crippen LogP contribution in [0, 0.1) is 23.0 Å². The smallest absolute Gasteiger partial charge is 0.291 e. The molecule has 2 heterocycles. The van der Waals surface area contributed by atoms with Crippen LogP contribution < -0.4 is 10.6 Å². The zero-order chi connectivity index (χ0) is 24.1. The highest BCUT2D eigenvalue weighted by molar-refractivity contribution is 6.01. The third-order valence-electron chi connectivity index (χ3n) is 5.06. The lowest BCUT2D eigenvalue weighted by molar-refractivity contribution is -0.118. The van der Waals surface area contributed by atoms with Crippen LogP contribution in [0.25, 0.3) is 0 Å². The second-order valence-corrected chi connectivity index (χ2v) is 7.77. The first-order valence-corrected chi connectivity index (χ1v) is 10.1. The molecule has 1 aromatic carbocycles. The molecule has 0 saturated carbocycles. The maximum Gasteiger partial charge on any atom is 0.291 e. The van der Waals surface area contributed by atoms with Gasteiger partial charge in [-0.2, -0.15) is 5.26 Å². The van der Waals surface area contributed by atoms with E-state index in [1.54, 1.807) is 32.1 Å². The highest BCUT2D eigenvalue weighted by Crippen LogP contribution is 2.34. The van der Waals surface area contributed by atoms with E-state index in [4.69, 9.17) is 5.26 Å². The van der Waals surface area contributed by atoms with Crippen LogP contribution in [-0.2, 0) is 11.2 Å². The first-order valence-electron chi connectivity index (χ1n) is 10.1. The number of benzene rings is 1. The number of H-pyrrole nitrogens is 1. The molecule has 0 bridgehead atoms. The normalized spacial score (nSPS) is 18.3. The Balaban J connectivity index is 1.66. The molecule has 10 heteroatoms. The van der Waals surface area contributed by atoms with Crippen LogP contribution in [0.2, 0.25) is 0 Å². The summed E-state index contributed by atoms with van der Waals surface area (Å²) in [6.45, 7) is 7.28. The summed E-state index contributed by atoms with van der Waals surface area (Å²) < 4.78 is 27.8. The molecule has 1 aliphatic rings. The number of carbonyl (C=O) groups is 2. The van der Waals surface area contributed by atoms with Crippen molar-refractivity contribution in [2.45, 2.75) is 38.6 Å². The fourth-order valence-electron chi connectivity index (χ4n) is 3.37. The molecule has 2 amide bonds. The first-order chi connectivity index (χ1) is 15.7. The summed E-state index contributed by atoms with van der Waals surface area (Å²) in [7, 11) is 0. The number of fused-ring (bicyclic) bond motifs is 1. The minimum atomic E-state index is -0.989. The molecule has 0 unspecified atom stereocenters. The van der Waals surface area contributed by atoms with Gasteiger partial charge in [-0.05, 0) is 42.5 Å². The van der Waals surface area contributed by atoms with Crippen LogP contribution in [-0.4, -0.2) is 33.0 Å². The highest BCUT2D eigenvalue weighted by Gasteiger charge is 2.32. The van der Waals surface area contributed by atoms with E-state index < -0.39 is 35.4 Å². The molecule has 0 spiro atoms. The number of nitrogens with zero attached hydrogens (tertiary/aromatic N) is 3. The predicted molar refractivity (Wildman–Crippen MR) is 117 cm³/mol. The van der Waals surface area contributed by atoms with Gasteiger partial charge in [-0.15, -0.1) is 5.10 Å². The molecular weight excluding hydrogens is 430 g/mol. The molecule has 170 valence electrons. The average molecular weight is 452 g/mol. The average Bonchev–Trinajstić information content (AvgIpc) is 3.18. The van der Waals surface area contributed by atoms with Crippen molar-refractivity contribution in [3.05, 3.63) is 76.9 Å². The van der Waals surface area contributed by atoms with Gasteiger partial charge in [0.1, 0.15) is 23.5 Å². The summed E-state index contributed by atoms with van der Waals surface area (Å²) in [4.78, 5) is 29.3. The van der Waals surface area contributed by atoms with E-state index in [2.05, 4.69) is 32.4 Å². The molecule has 0 fully saturated rings. The van der Waals surface area contributed by atoms with Crippen LogP contribution in [0.5, 0.6) is 0 Å². The molecule has 3 N–H and O–H groups in total. The van der Waals surface area contributed by atoms with Gasteiger partial charge in [0.2, 0.25) is 11.7 Å². The zero-order valence-electron chi connectivity index (χ0n) is 18.1. The lowest BCUT2D eigenvalue weighted by atomic mass is 9.94. The van der Waals surface area contributed by atoms with Crippen molar-refractivity contribution in [2.24, 2.45) is 0 Å². The molecule has 1 aliphatic heterocycles. The standard InChI is InChI=1S/C23H22F2N6O2/c1-12(5-4-6-13(2)11-26)7-19-28-21(31-30-19)23(33)27-18-8-14(3)16-9-15(24)10-17(25)20(16)29-22(18)32/h4-6,9-10,14,18H,1,7-8H2,2-3H3,(H,27,33)(H,29,32)(H,28,30,31)/b5-4-,13-6+/t14-,18+/m0/s1. The Hall–Kier alpha value is -4.13. The fourth-order valence-corrected chi connectivity index (χ4v) is 3.37. The molecule has 0 aliphatic carbocycles. The molecule has 33 heavy (non-hydrogen) atoms. The number of aromatic amines is 1. The van der Waals surface area contributed by atoms with E-state index in [1.165, 1.54) is 6.07 Å². The summed E-state index contributed by atoms with van der Waals surface area (Å²) in [5, 5.41) is 20.2. The van der Waals surface area contributed by atoms with Crippen molar-refractivity contribution in [3.63, 3.8) is 0 Å². The number of hydrogen-bond acceptors (Lipinski definition) is 5. The summed E-state index contributed by atoms with van der Waals surface area (Å²) >= 11 is 0. The second-order valence-electron chi connectivity index (χ2n) is 7.77. The Kier molecular flexibility index (Phi) is 7.13. The van der Waals surface area contributed by atoms with Crippen molar-refractivity contribution < 1.29 is 18.4 Å². The molecular formula is C23H22F2N6O2. The van der Waals surface area contributed by atoms with Gasteiger partial charge < -0.3 is 10.6 Å². The van der Waals surface area contributed by atoms with Gasteiger partial charge in [0.15, 0.2) is 0 Å². The second kappa shape index (κ2) is 9.99. The van der Waals surface area contributed by atoms with Crippen molar-refractivity contribution in [1.82, 2.24) is 20.5 Å². The van der Waals surface area contributed by atoms with E-state index >= 15 is 0 Å². The van der Waals surface area contributed by atoms with E-state index in [1.807, 2.05) is 6.07 Å². The lowest BCUT2D eigenvalue weighted by Crippen LogP contribution is -2.43.